The Morgan fingerprint density at radius 1 is 1.18 bits per heavy atom. The second-order valence-corrected chi connectivity index (χ2v) is 11.5. The Morgan fingerprint density at radius 2 is 1.73 bits per heavy atom. The summed E-state index contributed by atoms with van der Waals surface area (Å²) in [5.74, 6) is -1.55. The van der Waals surface area contributed by atoms with E-state index < -0.39 is 45.2 Å². The molecule has 0 aromatic heterocycles. The second kappa shape index (κ2) is 12.1. The predicted molar refractivity (Wildman–Crippen MR) is 131 cm³/mol. The molecule has 3 N–H and O–H groups in total. The van der Waals surface area contributed by atoms with Crippen molar-refractivity contribution < 1.29 is 27.3 Å². The monoisotopic (exact) mass is 522 g/mol. The van der Waals surface area contributed by atoms with Crippen LogP contribution in [0.25, 0.3) is 0 Å². The molecule has 0 bridgehead atoms. The normalized spacial score (nSPS) is 13.8. The van der Waals surface area contributed by atoms with E-state index in [0.29, 0.717) is 6.42 Å². The van der Waals surface area contributed by atoms with Gasteiger partial charge in [0.2, 0.25) is 5.91 Å². The number of carbonyl (C=O) groups is 2. The molecule has 0 saturated carbocycles. The van der Waals surface area contributed by atoms with Gasteiger partial charge in [0.15, 0.2) is 5.75 Å². The van der Waals surface area contributed by atoms with Gasteiger partial charge in [0.25, 0.3) is 16.0 Å². The number of rotatable bonds is 11. The minimum atomic E-state index is -4.34. The van der Waals surface area contributed by atoms with Crippen molar-refractivity contribution in [3.05, 3.63) is 40.4 Å². The van der Waals surface area contributed by atoms with Crippen molar-refractivity contribution in [3.8, 4) is 5.75 Å². The van der Waals surface area contributed by atoms with Crippen LogP contribution in [0.5, 0.6) is 5.75 Å². The minimum absolute atomic E-state index is 0.0394. The first-order valence-corrected chi connectivity index (χ1v) is 12.7. The molecule has 2 amide bonds. The maximum Gasteiger partial charge on any atom is 0.266 e. The minimum Gasteiger partial charge on any atom is -0.486 e. The number of amides is 2. The molecule has 1 aromatic rings. The molecule has 0 saturated heterocycles. The van der Waals surface area contributed by atoms with Crippen molar-refractivity contribution in [2.45, 2.75) is 53.1 Å². The van der Waals surface area contributed by atoms with Crippen LogP contribution in [-0.2, 0) is 14.9 Å². The van der Waals surface area contributed by atoms with Crippen LogP contribution in [0.2, 0.25) is 10.0 Å². The first kappa shape index (κ1) is 29.2. The van der Waals surface area contributed by atoms with E-state index in [1.807, 2.05) is 13.8 Å². The van der Waals surface area contributed by atoms with Crippen molar-refractivity contribution >= 4 is 45.1 Å². The molecule has 8 nitrogen and oxygen atoms in total. The van der Waals surface area contributed by atoms with Crippen molar-refractivity contribution in [3.63, 3.8) is 0 Å². The third kappa shape index (κ3) is 9.92. The Kier molecular flexibility index (Phi) is 10.7. The van der Waals surface area contributed by atoms with Gasteiger partial charge in [0.05, 0.1) is 15.8 Å². The Bertz CT molecular complexity index is 951. The molecule has 33 heavy (non-hydrogen) atoms. The van der Waals surface area contributed by atoms with Crippen LogP contribution in [0.3, 0.4) is 0 Å². The van der Waals surface area contributed by atoms with Crippen molar-refractivity contribution in [2.24, 2.45) is 11.3 Å². The van der Waals surface area contributed by atoms with Crippen LogP contribution in [0.15, 0.2) is 24.8 Å². The summed E-state index contributed by atoms with van der Waals surface area (Å²) in [4.78, 5) is 25.9. The molecule has 0 spiro atoms. The highest BCUT2D eigenvalue weighted by Crippen LogP contribution is 2.34. The van der Waals surface area contributed by atoms with Crippen LogP contribution >= 0.6 is 23.2 Å². The Hall–Kier alpha value is -1.81. The molecule has 0 aliphatic rings. The molecule has 0 heterocycles. The number of benzene rings is 1. The van der Waals surface area contributed by atoms with E-state index >= 15 is 0 Å². The van der Waals surface area contributed by atoms with Gasteiger partial charge in [-0.15, -0.1) is 0 Å². The maximum absolute atomic E-state index is 13.0. The first-order chi connectivity index (χ1) is 15.0. The molecule has 0 aliphatic carbocycles. The van der Waals surface area contributed by atoms with E-state index in [4.69, 9.17) is 27.9 Å². The Labute approximate surface area is 205 Å². The highest BCUT2D eigenvalue weighted by atomic mass is 35.5. The van der Waals surface area contributed by atoms with Gasteiger partial charge in [0.1, 0.15) is 12.6 Å². The van der Waals surface area contributed by atoms with Gasteiger partial charge in [0, 0.05) is 11.6 Å². The van der Waals surface area contributed by atoms with Gasteiger partial charge in [-0.2, -0.15) is 8.42 Å². The van der Waals surface area contributed by atoms with Gasteiger partial charge < -0.3 is 15.4 Å². The lowest BCUT2D eigenvalue weighted by Crippen LogP contribution is -2.55. The van der Waals surface area contributed by atoms with Crippen LogP contribution in [0.1, 0.15) is 51.4 Å². The lowest BCUT2D eigenvalue weighted by atomic mass is 9.87. The van der Waals surface area contributed by atoms with Crippen LogP contribution < -0.4 is 15.4 Å². The predicted octanol–water partition coefficient (Wildman–Crippen LogP) is 4.12. The van der Waals surface area contributed by atoms with E-state index in [-0.39, 0.29) is 33.9 Å². The molecule has 2 unspecified atom stereocenters. The molecule has 0 aliphatic heterocycles. The molecule has 1 rings (SSSR count). The van der Waals surface area contributed by atoms with Crippen molar-refractivity contribution in [1.82, 2.24) is 10.6 Å². The van der Waals surface area contributed by atoms with Gasteiger partial charge in [-0.3, -0.25) is 14.1 Å². The molecule has 0 radical (unpaired) electrons. The van der Waals surface area contributed by atoms with Crippen LogP contribution in [0.4, 0.5) is 0 Å². The topological polar surface area (TPSA) is 122 Å². The fourth-order valence-corrected chi connectivity index (χ4v) is 4.51. The number of ether oxygens (including phenoxy) is 1. The molecule has 2 atom stereocenters. The van der Waals surface area contributed by atoms with E-state index in [2.05, 4.69) is 17.2 Å². The van der Waals surface area contributed by atoms with Crippen molar-refractivity contribution in [1.29, 1.82) is 0 Å². The number of carbonyl (C=O) groups excluding carboxylic acids is 2. The summed E-state index contributed by atoms with van der Waals surface area (Å²) in [6, 6.07) is 0.915. The smallest absolute Gasteiger partial charge is 0.266 e. The fraction of sp³-hybridized carbons (Fsp3) is 0.545. The maximum atomic E-state index is 13.0. The van der Waals surface area contributed by atoms with Crippen molar-refractivity contribution in [2.75, 3.05) is 12.4 Å². The second-order valence-electron chi connectivity index (χ2n) is 9.20. The average Bonchev–Trinajstić information content (AvgIpc) is 2.63. The number of nitrogens with one attached hydrogen (secondary N) is 2. The largest absolute Gasteiger partial charge is 0.486 e. The Morgan fingerprint density at radius 3 is 2.15 bits per heavy atom. The molecular weight excluding hydrogens is 491 g/mol. The standard InChI is InChI=1S/C22H32Cl2N2O6S/c1-7-8-32-19-15(23)10-14(11-16(19)24)20(27)25-17(9-13(2)3)21(28)26-18(22(4,5)6)12-33(29,30)31/h7,10-11,13,17-18H,1,8-9,12H2,2-6H3,(H,25,27)(H,26,28)(H,29,30,31). The molecule has 186 valence electrons. The third-order valence-corrected chi connectivity index (χ3v) is 5.99. The summed E-state index contributed by atoms with van der Waals surface area (Å²) < 4.78 is 37.5. The van der Waals surface area contributed by atoms with E-state index in [0.717, 1.165) is 0 Å². The van der Waals surface area contributed by atoms with Crippen LogP contribution in [0, 0.1) is 11.3 Å². The lowest BCUT2D eigenvalue weighted by molar-refractivity contribution is -0.124. The highest BCUT2D eigenvalue weighted by molar-refractivity contribution is 7.85. The molecular formula is C22H32Cl2N2O6S. The van der Waals surface area contributed by atoms with Gasteiger partial charge in [-0.25, -0.2) is 0 Å². The number of hydrogen-bond acceptors (Lipinski definition) is 5. The zero-order valence-electron chi connectivity index (χ0n) is 19.4. The molecule has 11 heteroatoms. The molecule has 1 aromatic carbocycles. The van der Waals surface area contributed by atoms with Gasteiger partial charge in [-0.05, 0) is 29.9 Å². The summed E-state index contributed by atoms with van der Waals surface area (Å²) in [6.07, 6.45) is 1.82. The summed E-state index contributed by atoms with van der Waals surface area (Å²) in [7, 11) is -4.34. The summed E-state index contributed by atoms with van der Waals surface area (Å²) in [5.41, 5.74) is -0.539. The molecule has 0 fully saturated rings. The van der Waals surface area contributed by atoms with E-state index in [1.165, 1.54) is 18.2 Å². The quantitative estimate of drug-likeness (QED) is 0.296. The average molecular weight is 523 g/mol. The number of hydrogen-bond donors (Lipinski definition) is 3. The summed E-state index contributed by atoms with van der Waals surface area (Å²) >= 11 is 12.4. The SMILES string of the molecule is C=CCOc1c(Cl)cc(C(=O)NC(CC(C)C)C(=O)NC(CS(=O)(=O)O)C(C)(C)C)cc1Cl. The summed E-state index contributed by atoms with van der Waals surface area (Å²) in [5, 5.41) is 5.57. The van der Waals surface area contributed by atoms with Crippen LogP contribution in [-0.4, -0.2) is 49.2 Å². The number of halogens is 2. The Balaban J connectivity index is 3.12. The highest BCUT2D eigenvalue weighted by Gasteiger charge is 2.33. The van der Waals surface area contributed by atoms with Gasteiger partial charge in [-0.1, -0.05) is 70.5 Å². The third-order valence-electron chi connectivity index (χ3n) is 4.67. The lowest BCUT2D eigenvalue weighted by Gasteiger charge is -2.32. The summed E-state index contributed by atoms with van der Waals surface area (Å²) in [6.45, 7) is 12.7. The zero-order chi connectivity index (χ0) is 25.6. The van der Waals surface area contributed by atoms with Gasteiger partial charge >= 0.3 is 0 Å². The first-order valence-electron chi connectivity index (χ1n) is 10.3. The van der Waals surface area contributed by atoms with E-state index in [9.17, 15) is 22.6 Å². The van der Waals surface area contributed by atoms with E-state index in [1.54, 1.807) is 20.8 Å². The fourth-order valence-electron chi connectivity index (χ4n) is 2.91. The zero-order valence-corrected chi connectivity index (χ0v) is 21.8.